The fourth-order valence-electron chi connectivity index (χ4n) is 2.53. The number of ether oxygens (including phenoxy) is 1. The predicted octanol–water partition coefficient (Wildman–Crippen LogP) is 3.30. The van der Waals surface area contributed by atoms with Gasteiger partial charge in [0, 0.05) is 10.8 Å². The summed E-state index contributed by atoms with van der Waals surface area (Å²) < 4.78 is 10.6. The van der Waals surface area contributed by atoms with E-state index in [0.717, 1.165) is 17.7 Å². The zero-order chi connectivity index (χ0) is 17.6. The molecule has 2 heterocycles. The number of amides is 1. The normalized spacial score (nSPS) is 20.6. The van der Waals surface area contributed by atoms with Gasteiger partial charge in [-0.2, -0.15) is 4.98 Å². The summed E-state index contributed by atoms with van der Waals surface area (Å²) in [5.74, 6) is 0.783. The first-order valence-electron chi connectivity index (χ1n) is 8.17. The molecule has 7 nitrogen and oxygen atoms in total. The minimum Gasteiger partial charge on any atom is -0.449 e. The Kier molecular flexibility index (Phi) is 3.99. The summed E-state index contributed by atoms with van der Waals surface area (Å²) in [4.78, 5) is 29.4. The number of nitrogens with zero attached hydrogens (tertiary/aromatic N) is 2. The van der Waals surface area contributed by atoms with Crippen molar-refractivity contribution in [2.75, 3.05) is 5.32 Å². The van der Waals surface area contributed by atoms with E-state index >= 15 is 0 Å². The molecule has 0 spiro atoms. The lowest BCUT2D eigenvalue weighted by Crippen LogP contribution is -2.26. The molecule has 1 N–H and O–H groups in total. The van der Waals surface area contributed by atoms with Crippen molar-refractivity contribution in [1.29, 1.82) is 0 Å². The van der Waals surface area contributed by atoms with Crippen molar-refractivity contribution in [2.24, 2.45) is 0 Å². The molecule has 1 aliphatic carbocycles. The lowest BCUT2D eigenvalue weighted by Gasteiger charge is -2.21. The first-order chi connectivity index (χ1) is 12.0. The lowest BCUT2D eigenvalue weighted by molar-refractivity contribution is -0.115. The largest absolute Gasteiger partial charge is 0.449 e. The zero-order valence-electron chi connectivity index (χ0n) is 13.8. The first kappa shape index (κ1) is 16.1. The molecule has 0 radical (unpaired) electrons. The summed E-state index contributed by atoms with van der Waals surface area (Å²) in [5.41, 5.74) is 0.993. The highest BCUT2D eigenvalue weighted by atomic mass is 32.2. The number of hydrogen-bond donors (Lipinski definition) is 1. The maximum atomic E-state index is 12.4. The van der Waals surface area contributed by atoms with Crippen molar-refractivity contribution in [3.63, 3.8) is 0 Å². The molecule has 4 rings (SSSR count). The van der Waals surface area contributed by atoms with Crippen molar-refractivity contribution in [3.05, 3.63) is 35.5 Å². The molecule has 25 heavy (non-hydrogen) atoms. The summed E-state index contributed by atoms with van der Waals surface area (Å²) in [7, 11) is 0. The molecule has 1 aliphatic heterocycles. The van der Waals surface area contributed by atoms with E-state index in [0.29, 0.717) is 28.9 Å². The van der Waals surface area contributed by atoms with E-state index in [1.807, 2.05) is 13.0 Å². The zero-order valence-corrected chi connectivity index (χ0v) is 14.6. The Morgan fingerprint density at radius 1 is 1.44 bits per heavy atom. The number of carbonyl (C=O) groups is 2. The highest BCUT2D eigenvalue weighted by molar-refractivity contribution is 8.00. The summed E-state index contributed by atoms with van der Waals surface area (Å²) in [6, 6.07) is 5.13. The highest BCUT2D eigenvalue weighted by Crippen LogP contribution is 2.39. The number of anilines is 1. The standard InChI is InChI=1S/C17H17N3O4S/c1-8(16-19-14(20-24-16)10-3-4-10)23-17(22)11-5-6-13-12(7-11)18-15(21)9(2)25-13/h5-10H,3-4H2,1-2H3,(H,18,21)/t8-,9-/m0/s1. The van der Waals surface area contributed by atoms with Crippen LogP contribution in [0.1, 0.15) is 60.8 Å². The molecule has 8 heteroatoms. The Morgan fingerprint density at radius 2 is 2.24 bits per heavy atom. The number of aromatic nitrogens is 2. The molecule has 1 fully saturated rings. The van der Waals surface area contributed by atoms with Gasteiger partial charge in [0.1, 0.15) is 0 Å². The number of nitrogens with one attached hydrogen (secondary N) is 1. The van der Waals surface area contributed by atoms with E-state index in [9.17, 15) is 9.59 Å². The van der Waals surface area contributed by atoms with Gasteiger partial charge < -0.3 is 14.6 Å². The first-order valence-corrected chi connectivity index (χ1v) is 9.05. The van der Waals surface area contributed by atoms with Crippen LogP contribution in [0.25, 0.3) is 0 Å². The van der Waals surface area contributed by atoms with E-state index in [2.05, 4.69) is 15.5 Å². The van der Waals surface area contributed by atoms with Crippen LogP contribution >= 0.6 is 11.8 Å². The van der Waals surface area contributed by atoms with Gasteiger partial charge in [-0.25, -0.2) is 4.79 Å². The minimum atomic E-state index is -0.632. The maximum absolute atomic E-state index is 12.4. The molecule has 0 saturated heterocycles. The van der Waals surface area contributed by atoms with E-state index in [-0.39, 0.29) is 11.2 Å². The van der Waals surface area contributed by atoms with Gasteiger partial charge in [-0.3, -0.25) is 4.79 Å². The lowest BCUT2D eigenvalue weighted by atomic mass is 10.2. The molecule has 1 amide bonds. The van der Waals surface area contributed by atoms with Crippen molar-refractivity contribution >= 4 is 29.3 Å². The molecule has 1 aromatic carbocycles. The third-order valence-electron chi connectivity index (χ3n) is 4.18. The molecule has 130 valence electrons. The average Bonchev–Trinajstić information content (AvgIpc) is 3.32. The number of rotatable bonds is 4. The number of hydrogen-bond acceptors (Lipinski definition) is 7. The second-order valence-electron chi connectivity index (χ2n) is 6.27. The van der Waals surface area contributed by atoms with Crippen LogP contribution < -0.4 is 5.32 Å². The van der Waals surface area contributed by atoms with Gasteiger partial charge >= 0.3 is 5.97 Å². The summed E-state index contributed by atoms with van der Waals surface area (Å²) >= 11 is 1.47. The number of carbonyl (C=O) groups excluding carboxylic acids is 2. The monoisotopic (exact) mass is 359 g/mol. The topological polar surface area (TPSA) is 94.3 Å². The Labute approximate surface area is 148 Å². The summed E-state index contributed by atoms with van der Waals surface area (Å²) in [6.07, 6.45) is 1.52. The van der Waals surface area contributed by atoms with Crippen LogP contribution in [-0.2, 0) is 9.53 Å². The van der Waals surface area contributed by atoms with E-state index in [4.69, 9.17) is 9.26 Å². The van der Waals surface area contributed by atoms with E-state index in [1.54, 1.807) is 19.1 Å². The molecule has 2 aliphatic rings. The van der Waals surface area contributed by atoms with Gasteiger partial charge in [-0.1, -0.05) is 5.16 Å². The second-order valence-corrected chi connectivity index (χ2v) is 7.66. The van der Waals surface area contributed by atoms with Gasteiger partial charge in [0.05, 0.1) is 16.5 Å². The van der Waals surface area contributed by atoms with Crippen LogP contribution in [0.5, 0.6) is 0 Å². The van der Waals surface area contributed by atoms with E-state index < -0.39 is 12.1 Å². The number of thioether (sulfide) groups is 1. The highest BCUT2D eigenvalue weighted by Gasteiger charge is 2.30. The van der Waals surface area contributed by atoms with Gasteiger partial charge in [-0.05, 0) is 44.9 Å². The third-order valence-corrected chi connectivity index (χ3v) is 5.36. The molecule has 0 bridgehead atoms. The average molecular weight is 359 g/mol. The fraction of sp³-hybridized carbons (Fsp3) is 0.412. The summed E-state index contributed by atoms with van der Waals surface area (Å²) in [6.45, 7) is 3.53. The van der Waals surface area contributed by atoms with Crippen molar-refractivity contribution in [3.8, 4) is 0 Å². The Bertz CT molecular complexity index is 846. The second kappa shape index (κ2) is 6.18. The van der Waals surface area contributed by atoms with Crippen LogP contribution in [0.15, 0.2) is 27.6 Å². The number of fused-ring (bicyclic) bond motifs is 1. The Morgan fingerprint density at radius 3 is 3.00 bits per heavy atom. The van der Waals surface area contributed by atoms with Crippen molar-refractivity contribution in [2.45, 2.75) is 48.9 Å². The SMILES string of the molecule is C[C@@H]1Sc2ccc(C(=O)O[C@@H](C)c3nc(C4CC4)no3)cc2NC1=O. The van der Waals surface area contributed by atoms with Gasteiger partial charge in [0.2, 0.25) is 5.91 Å². The minimum absolute atomic E-state index is 0.0742. The molecule has 1 saturated carbocycles. The van der Waals surface area contributed by atoms with Crippen LogP contribution in [-0.4, -0.2) is 27.3 Å². The van der Waals surface area contributed by atoms with E-state index in [1.165, 1.54) is 11.8 Å². The molecule has 2 atom stereocenters. The molecule has 2 aromatic rings. The summed E-state index contributed by atoms with van der Waals surface area (Å²) in [5, 5.41) is 6.58. The molecular weight excluding hydrogens is 342 g/mol. The molecule has 0 unspecified atom stereocenters. The van der Waals surface area contributed by atoms with Crippen LogP contribution in [0, 0.1) is 0 Å². The third kappa shape index (κ3) is 3.26. The fourth-order valence-corrected chi connectivity index (χ4v) is 3.46. The smallest absolute Gasteiger partial charge is 0.338 e. The quantitative estimate of drug-likeness (QED) is 0.837. The van der Waals surface area contributed by atoms with Gasteiger partial charge in [0.15, 0.2) is 11.9 Å². The molecule has 1 aromatic heterocycles. The van der Waals surface area contributed by atoms with Crippen molar-refractivity contribution in [1.82, 2.24) is 10.1 Å². The molecular formula is C17H17N3O4S. The van der Waals surface area contributed by atoms with Gasteiger partial charge in [-0.15, -0.1) is 11.8 Å². The van der Waals surface area contributed by atoms with Crippen LogP contribution in [0.3, 0.4) is 0 Å². The Hall–Kier alpha value is -2.35. The number of benzene rings is 1. The van der Waals surface area contributed by atoms with Crippen LogP contribution in [0.2, 0.25) is 0 Å². The Balaban J connectivity index is 1.47. The maximum Gasteiger partial charge on any atom is 0.338 e. The van der Waals surface area contributed by atoms with Gasteiger partial charge in [0.25, 0.3) is 5.89 Å². The number of esters is 1. The van der Waals surface area contributed by atoms with Crippen LogP contribution in [0.4, 0.5) is 5.69 Å². The predicted molar refractivity (Wildman–Crippen MR) is 90.5 cm³/mol. The van der Waals surface area contributed by atoms with Crippen molar-refractivity contribution < 1.29 is 18.8 Å².